The molecular formula is C20H16N4O3S. The number of nitrogens with two attached hydrogens (primary N) is 1. The van der Waals surface area contributed by atoms with Crippen molar-refractivity contribution in [2.45, 2.75) is 6.92 Å². The normalized spacial score (nSPS) is 11.8. The van der Waals surface area contributed by atoms with Gasteiger partial charge in [-0.2, -0.15) is 9.50 Å². The van der Waals surface area contributed by atoms with E-state index >= 15 is 0 Å². The number of hydrogen-bond donors (Lipinski definition) is 1. The van der Waals surface area contributed by atoms with Crippen molar-refractivity contribution >= 4 is 28.3 Å². The maximum absolute atomic E-state index is 12.7. The van der Waals surface area contributed by atoms with Gasteiger partial charge in [0.05, 0.1) is 4.53 Å². The summed E-state index contributed by atoms with van der Waals surface area (Å²) in [4.78, 5) is 28.5. The number of fused-ring (bicyclic) bond motifs is 1. The molecule has 2 aromatic heterocycles. The lowest BCUT2D eigenvalue weighted by Gasteiger charge is -2.03. The molecule has 0 bridgehead atoms. The van der Waals surface area contributed by atoms with Crippen LogP contribution in [0.2, 0.25) is 0 Å². The molecule has 0 aliphatic rings. The molecule has 0 spiro atoms. The van der Waals surface area contributed by atoms with Gasteiger partial charge in [0.1, 0.15) is 5.75 Å². The van der Waals surface area contributed by atoms with Crippen LogP contribution in [0.3, 0.4) is 0 Å². The van der Waals surface area contributed by atoms with Crippen molar-refractivity contribution in [1.82, 2.24) is 14.6 Å². The maximum Gasteiger partial charge on any atom is 0.291 e. The molecule has 2 N–H and O–H groups in total. The molecule has 7 nitrogen and oxygen atoms in total. The van der Waals surface area contributed by atoms with E-state index in [-0.39, 0.29) is 12.2 Å². The fourth-order valence-electron chi connectivity index (χ4n) is 2.74. The number of hydrogen-bond acceptors (Lipinski definition) is 6. The van der Waals surface area contributed by atoms with Crippen molar-refractivity contribution in [3.63, 3.8) is 0 Å². The lowest BCUT2D eigenvalue weighted by molar-refractivity contribution is -0.119. The summed E-state index contributed by atoms with van der Waals surface area (Å²) in [7, 11) is 0. The Morgan fingerprint density at radius 3 is 2.64 bits per heavy atom. The third-order valence-corrected chi connectivity index (χ3v) is 5.09. The zero-order chi connectivity index (χ0) is 19.7. The molecule has 0 fully saturated rings. The Bertz CT molecular complexity index is 1280. The summed E-state index contributed by atoms with van der Waals surface area (Å²) in [5.41, 5.74) is 7.64. The van der Waals surface area contributed by atoms with Gasteiger partial charge in [0.25, 0.3) is 11.5 Å². The van der Waals surface area contributed by atoms with Crippen LogP contribution in [0.15, 0.2) is 53.3 Å². The summed E-state index contributed by atoms with van der Waals surface area (Å²) in [5, 5.41) is 4.38. The summed E-state index contributed by atoms with van der Waals surface area (Å²) < 4.78 is 7.10. The number of aromatic nitrogens is 3. The molecule has 2 aromatic carbocycles. The van der Waals surface area contributed by atoms with Crippen molar-refractivity contribution in [2.24, 2.45) is 5.73 Å². The second kappa shape index (κ2) is 7.24. The van der Waals surface area contributed by atoms with Crippen molar-refractivity contribution < 1.29 is 9.53 Å². The standard InChI is InChI=1S/C20H16N4O3S/c1-12-4-2-3-5-15(12)18-22-20-24(23-18)19(26)16(28-20)10-13-6-8-14(9-7-13)27-11-17(21)25/h2-10H,11H2,1H3,(H2,21,25)/b16-10-. The molecule has 0 atom stereocenters. The van der Waals surface area contributed by atoms with Gasteiger partial charge < -0.3 is 10.5 Å². The SMILES string of the molecule is Cc1ccccc1-c1nc2s/c(=C\c3ccc(OCC(N)=O)cc3)c(=O)n2n1. The van der Waals surface area contributed by atoms with Gasteiger partial charge in [-0.3, -0.25) is 9.59 Å². The first kappa shape index (κ1) is 17.9. The molecule has 0 unspecified atom stereocenters. The van der Waals surface area contributed by atoms with Crippen LogP contribution >= 0.6 is 11.3 Å². The third-order valence-electron chi connectivity index (χ3n) is 4.13. The third kappa shape index (κ3) is 3.49. The molecule has 28 heavy (non-hydrogen) atoms. The predicted octanol–water partition coefficient (Wildman–Crippen LogP) is 1.54. The van der Waals surface area contributed by atoms with Crippen molar-refractivity contribution in [3.8, 4) is 17.1 Å². The van der Waals surface area contributed by atoms with E-state index in [9.17, 15) is 9.59 Å². The Hall–Kier alpha value is -3.52. The molecule has 4 rings (SSSR count). The average molecular weight is 392 g/mol. The van der Waals surface area contributed by atoms with Gasteiger partial charge in [-0.1, -0.05) is 47.7 Å². The quantitative estimate of drug-likeness (QED) is 0.555. The Labute approximate surface area is 163 Å². The van der Waals surface area contributed by atoms with Crippen LogP contribution in [-0.2, 0) is 4.79 Å². The lowest BCUT2D eigenvalue weighted by Crippen LogP contribution is -2.23. The molecule has 0 saturated heterocycles. The predicted molar refractivity (Wildman–Crippen MR) is 107 cm³/mol. The van der Waals surface area contributed by atoms with Crippen molar-refractivity contribution in [2.75, 3.05) is 6.61 Å². The van der Waals surface area contributed by atoms with E-state index in [1.165, 1.54) is 15.9 Å². The smallest absolute Gasteiger partial charge is 0.291 e. The molecule has 0 aliphatic heterocycles. The highest BCUT2D eigenvalue weighted by Gasteiger charge is 2.13. The lowest BCUT2D eigenvalue weighted by atomic mass is 10.1. The minimum atomic E-state index is -0.536. The van der Waals surface area contributed by atoms with Gasteiger partial charge in [-0.05, 0) is 36.3 Å². The maximum atomic E-state index is 12.7. The summed E-state index contributed by atoms with van der Waals surface area (Å²) in [6.07, 6.45) is 1.77. The molecule has 0 radical (unpaired) electrons. The summed E-state index contributed by atoms with van der Waals surface area (Å²) in [6, 6.07) is 14.8. The fourth-order valence-corrected chi connectivity index (χ4v) is 3.65. The van der Waals surface area contributed by atoms with Crippen LogP contribution in [0.1, 0.15) is 11.1 Å². The highest BCUT2D eigenvalue weighted by atomic mass is 32.1. The Kier molecular flexibility index (Phi) is 4.62. The number of benzene rings is 2. The largest absolute Gasteiger partial charge is 0.484 e. The van der Waals surface area contributed by atoms with E-state index in [1.807, 2.05) is 31.2 Å². The molecule has 0 saturated carbocycles. The Morgan fingerprint density at radius 1 is 1.21 bits per heavy atom. The highest BCUT2D eigenvalue weighted by Crippen LogP contribution is 2.20. The second-order valence-electron chi connectivity index (χ2n) is 6.18. The van der Waals surface area contributed by atoms with Gasteiger partial charge in [0.15, 0.2) is 12.4 Å². The second-order valence-corrected chi connectivity index (χ2v) is 7.19. The van der Waals surface area contributed by atoms with Gasteiger partial charge in [-0.15, -0.1) is 5.10 Å². The van der Waals surface area contributed by atoms with E-state index < -0.39 is 5.91 Å². The highest BCUT2D eigenvalue weighted by molar-refractivity contribution is 7.15. The van der Waals surface area contributed by atoms with E-state index in [2.05, 4.69) is 10.1 Å². The molecular weight excluding hydrogens is 376 g/mol. The van der Waals surface area contributed by atoms with E-state index in [0.717, 1.165) is 16.7 Å². The minimum Gasteiger partial charge on any atom is -0.484 e. The number of aryl methyl sites for hydroxylation is 1. The van der Waals surface area contributed by atoms with Crippen LogP contribution in [0, 0.1) is 6.92 Å². The number of thiazole rings is 1. The topological polar surface area (TPSA) is 99.6 Å². The molecule has 8 heteroatoms. The van der Waals surface area contributed by atoms with Crippen molar-refractivity contribution in [1.29, 1.82) is 0 Å². The molecule has 4 aromatic rings. The number of amides is 1. The molecule has 140 valence electrons. The summed E-state index contributed by atoms with van der Waals surface area (Å²) >= 11 is 1.29. The zero-order valence-corrected chi connectivity index (χ0v) is 15.8. The zero-order valence-electron chi connectivity index (χ0n) is 15.0. The number of primary amides is 1. The first-order chi connectivity index (χ1) is 13.5. The van der Waals surface area contributed by atoms with Gasteiger partial charge in [-0.25, -0.2) is 0 Å². The number of rotatable bonds is 5. The molecule has 0 aliphatic carbocycles. The van der Waals surface area contributed by atoms with Crippen molar-refractivity contribution in [3.05, 3.63) is 74.5 Å². The van der Waals surface area contributed by atoms with Crippen LogP contribution in [-0.4, -0.2) is 27.1 Å². The van der Waals surface area contributed by atoms with E-state index in [0.29, 0.717) is 21.1 Å². The van der Waals surface area contributed by atoms with Crippen LogP contribution in [0.4, 0.5) is 0 Å². The average Bonchev–Trinajstić information content (AvgIpc) is 3.21. The van der Waals surface area contributed by atoms with Crippen LogP contribution in [0.5, 0.6) is 5.75 Å². The first-order valence-electron chi connectivity index (χ1n) is 8.50. The van der Waals surface area contributed by atoms with Crippen LogP contribution < -0.4 is 20.6 Å². The molecule has 1 amide bonds. The summed E-state index contributed by atoms with van der Waals surface area (Å²) in [6.45, 7) is 1.81. The van der Waals surface area contributed by atoms with Gasteiger partial charge >= 0.3 is 0 Å². The Morgan fingerprint density at radius 2 is 1.96 bits per heavy atom. The number of carbonyl (C=O) groups excluding carboxylic acids is 1. The monoisotopic (exact) mass is 392 g/mol. The number of ether oxygens (including phenoxy) is 1. The Balaban J connectivity index is 1.65. The minimum absolute atomic E-state index is 0.176. The summed E-state index contributed by atoms with van der Waals surface area (Å²) in [5.74, 6) is 0.541. The molecule has 2 heterocycles. The number of carbonyl (C=O) groups is 1. The number of nitrogens with zero attached hydrogens (tertiary/aromatic N) is 3. The van der Waals surface area contributed by atoms with Gasteiger partial charge in [0, 0.05) is 5.56 Å². The fraction of sp³-hybridized carbons (Fsp3) is 0.100. The van der Waals surface area contributed by atoms with E-state index in [1.54, 1.807) is 30.3 Å². The first-order valence-corrected chi connectivity index (χ1v) is 9.31. The van der Waals surface area contributed by atoms with Gasteiger partial charge in [0.2, 0.25) is 4.96 Å². The van der Waals surface area contributed by atoms with E-state index in [4.69, 9.17) is 10.5 Å². The van der Waals surface area contributed by atoms with Crippen LogP contribution in [0.25, 0.3) is 22.4 Å².